The van der Waals surface area contributed by atoms with Crippen LogP contribution >= 0.6 is 11.6 Å². The fraction of sp³-hybridized carbons (Fsp3) is 0.350. The van der Waals surface area contributed by atoms with Gasteiger partial charge in [-0.3, -0.25) is 9.10 Å². The molecule has 27 heavy (non-hydrogen) atoms. The van der Waals surface area contributed by atoms with Crippen LogP contribution in [0.2, 0.25) is 5.02 Å². The highest BCUT2D eigenvalue weighted by atomic mass is 35.5. The van der Waals surface area contributed by atoms with Crippen LogP contribution in [0, 0.1) is 6.92 Å². The van der Waals surface area contributed by atoms with Crippen LogP contribution in [-0.2, 0) is 10.0 Å². The topological polar surface area (TPSA) is 66.5 Å². The van der Waals surface area contributed by atoms with Gasteiger partial charge in [-0.25, -0.2) is 8.42 Å². The Morgan fingerprint density at radius 1 is 1.11 bits per heavy atom. The van der Waals surface area contributed by atoms with Gasteiger partial charge in [-0.2, -0.15) is 0 Å². The van der Waals surface area contributed by atoms with Crippen molar-refractivity contribution in [1.82, 2.24) is 5.32 Å². The van der Waals surface area contributed by atoms with E-state index in [1.165, 1.54) is 13.1 Å². The first-order valence-electron chi connectivity index (χ1n) is 8.90. The molecule has 0 aliphatic carbocycles. The minimum Gasteiger partial charge on any atom is -0.352 e. The maximum absolute atomic E-state index is 12.8. The molecule has 0 saturated carbocycles. The summed E-state index contributed by atoms with van der Waals surface area (Å²) in [7, 11) is -2.24. The van der Waals surface area contributed by atoms with Crippen molar-refractivity contribution < 1.29 is 13.2 Å². The molecule has 0 aliphatic rings. The van der Waals surface area contributed by atoms with Crippen molar-refractivity contribution in [2.24, 2.45) is 0 Å². The van der Waals surface area contributed by atoms with Gasteiger partial charge in [-0.15, -0.1) is 0 Å². The van der Waals surface area contributed by atoms with Crippen LogP contribution in [0.4, 0.5) is 5.69 Å². The molecule has 7 heteroatoms. The number of hydrogen-bond acceptors (Lipinski definition) is 3. The van der Waals surface area contributed by atoms with Crippen LogP contribution in [0.5, 0.6) is 0 Å². The number of rotatable bonds is 8. The lowest BCUT2D eigenvalue weighted by atomic mass is 10.2. The van der Waals surface area contributed by atoms with Crippen molar-refractivity contribution >= 4 is 33.2 Å². The largest absolute Gasteiger partial charge is 0.352 e. The summed E-state index contributed by atoms with van der Waals surface area (Å²) in [5, 5.41) is 3.04. The molecule has 0 unspecified atom stereocenters. The third-order valence-electron chi connectivity index (χ3n) is 4.31. The van der Waals surface area contributed by atoms with E-state index >= 15 is 0 Å². The number of sulfonamides is 1. The number of hydrogen-bond donors (Lipinski definition) is 1. The second-order valence-corrected chi connectivity index (χ2v) is 8.79. The van der Waals surface area contributed by atoms with Gasteiger partial charge in [-0.1, -0.05) is 49.1 Å². The van der Waals surface area contributed by atoms with Crippen LogP contribution in [0.3, 0.4) is 0 Å². The molecular weight excluding hydrogens is 384 g/mol. The van der Waals surface area contributed by atoms with Gasteiger partial charge < -0.3 is 5.32 Å². The summed E-state index contributed by atoms with van der Waals surface area (Å²) in [6.07, 6.45) is 3.04. The van der Waals surface area contributed by atoms with Crippen molar-refractivity contribution in [3.63, 3.8) is 0 Å². The number of carbonyl (C=O) groups excluding carboxylic acids is 1. The average molecular weight is 409 g/mol. The first kappa shape index (κ1) is 21.3. The van der Waals surface area contributed by atoms with Crippen molar-refractivity contribution in [2.45, 2.75) is 38.0 Å². The Balaban J connectivity index is 2.18. The van der Waals surface area contributed by atoms with Gasteiger partial charge in [0.05, 0.1) is 21.2 Å². The number of anilines is 1. The highest BCUT2D eigenvalue weighted by molar-refractivity contribution is 7.92. The molecule has 2 rings (SSSR count). The predicted molar refractivity (Wildman–Crippen MR) is 110 cm³/mol. The summed E-state index contributed by atoms with van der Waals surface area (Å²) in [4.78, 5) is 12.4. The number of nitrogens with zero attached hydrogens (tertiary/aromatic N) is 1. The van der Waals surface area contributed by atoms with Crippen LogP contribution < -0.4 is 9.62 Å². The van der Waals surface area contributed by atoms with E-state index in [1.807, 2.05) is 6.92 Å². The van der Waals surface area contributed by atoms with E-state index in [9.17, 15) is 13.2 Å². The average Bonchev–Trinajstić information content (AvgIpc) is 2.64. The van der Waals surface area contributed by atoms with E-state index in [2.05, 4.69) is 12.2 Å². The monoisotopic (exact) mass is 408 g/mol. The number of aryl methyl sites for hydroxylation is 1. The van der Waals surface area contributed by atoms with Crippen LogP contribution in [0.25, 0.3) is 0 Å². The molecule has 2 aromatic rings. The molecule has 0 radical (unpaired) electrons. The number of nitrogens with one attached hydrogen (secondary N) is 1. The van der Waals surface area contributed by atoms with E-state index in [0.717, 1.165) is 29.1 Å². The van der Waals surface area contributed by atoms with Crippen LogP contribution in [0.15, 0.2) is 47.4 Å². The van der Waals surface area contributed by atoms with Gasteiger partial charge in [0.25, 0.3) is 15.9 Å². The third kappa shape index (κ3) is 5.23. The van der Waals surface area contributed by atoms with E-state index in [1.54, 1.807) is 36.4 Å². The number of benzene rings is 2. The molecule has 0 spiro atoms. The molecule has 2 aromatic carbocycles. The number of unbranched alkanes of at least 4 members (excludes halogenated alkanes) is 2. The number of halogens is 1. The van der Waals surface area contributed by atoms with E-state index in [0.29, 0.717) is 17.8 Å². The van der Waals surface area contributed by atoms with Crippen molar-refractivity contribution in [2.75, 3.05) is 17.9 Å². The smallest absolute Gasteiger partial charge is 0.264 e. The quantitative estimate of drug-likeness (QED) is 0.658. The summed E-state index contributed by atoms with van der Waals surface area (Å²) in [6, 6.07) is 11.3. The summed E-state index contributed by atoms with van der Waals surface area (Å²) in [5.74, 6) is -0.258. The molecule has 0 fully saturated rings. The Labute approximate surface area is 166 Å². The summed E-state index contributed by atoms with van der Waals surface area (Å²) < 4.78 is 26.7. The second-order valence-electron chi connectivity index (χ2n) is 6.41. The Kier molecular flexibility index (Phi) is 7.27. The normalized spacial score (nSPS) is 11.3. The highest BCUT2D eigenvalue weighted by Crippen LogP contribution is 2.27. The standard InChI is InChI=1S/C20H25ClN2O3S/c1-4-5-6-13-22-20(24)18-12-9-16(14-19(18)21)23(3)27(25,26)17-10-7-15(2)8-11-17/h7-12,14H,4-6,13H2,1-3H3,(H,22,24). The molecule has 1 amide bonds. The molecule has 0 bridgehead atoms. The summed E-state index contributed by atoms with van der Waals surface area (Å²) >= 11 is 6.24. The van der Waals surface area contributed by atoms with E-state index in [4.69, 9.17) is 11.6 Å². The molecule has 1 N–H and O–H groups in total. The van der Waals surface area contributed by atoms with E-state index < -0.39 is 10.0 Å². The van der Waals surface area contributed by atoms with E-state index in [-0.39, 0.29) is 15.8 Å². The zero-order chi connectivity index (χ0) is 20.0. The van der Waals surface area contributed by atoms with Crippen molar-refractivity contribution in [1.29, 1.82) is 0 Å². The lowest BCUT2D eigenvalue weighted by Crippen LogP contribution is -2.27. The molecule has 0 aliphatic heterocycles. The summed E-state index contributed by atoms with van der Waals surface area (Å²) in [5.41, 5.74) is 1.70. The molecule has 0 saturated heterocycles. The van der Waals surface area contributed by atoms with Gasteiger partial charge in [0, 0.05) is 13.6 Å². The van der Waals surface area contributed by atoms with Gasteiger partial charge in [0.2, 0.25) is 0 Å². The Bertz CT molecular complexity index is 896. The van der Waals surface area contributed by atoms with Gasteiger partial charge in [-0.05, 0) is 43.7 Å². The first-order valence-corrected chi connectivity index (χ1v) is 10.7. The molecule has 146 valence electrons. The number of carbonyl (C=O) groups is 1. The maximum atomic E-state index is 12.8. The van der Waals surface area contributed by atoms with Crippen molar-refractivity contribution in [3.8, 4) is 0 Å². The van der Waals surface area contributed by atoms with Crippen LogP contribution in [-0.4, -0.2) is 27.9 Å². The fourth-order valence-corrected chi connectivity index (χ4v) is 4.01. The molecule has 0 aromatic heterocycles. The molecule has 5 nitrogen and oxygen atoms in total. The first-order chi connectivity index (χ1) is 12.8. The highest BCUT2D eigenvalue weighted by Gasteiger charge is 2.22. The third-order valence-corrected chi connectivity index (χ3v) is 6.42. The minimum absolute atomic E-state index is 0.199. The fourth-order valence-electron chi connectivity index (χ4n) is 2.56. The lowest BCUT2D eigenvalue weighted by Gasteiger charge is -2.20. The SMILES string of the molecule is CCCCCNC(=O)c1ccc(N(C)S(=O)(=O)c2ccc(C)cc2)cc1Cl. The van der Waals surface area contributed by atoms with Gasteiger partial charge in [0.15, 0.2) is 0 Å². The maximum Gasteiger partial charge on any atom is 0.264 e. The summed E-state index contributed by atoms with van der Waals surface area (Å²) in [6.45, 7) is 4.58. The second kappa shape index (κ2) is 9.24. The van der Waals surface area contributed by atoms with Crippen LogP contribution in [0.1, 0.15) is 42.1 Å². The van der Waals surface area contributed by atoms with Gasteiger partial charge in [0.1, 0.15) is 0 Å². The molecule has 0 atom stereocenters. The molecular formula is C20H25ClN2O3S. The van der Waals surface area contributed by atoms with Gasteiger partial charge >= 0.3 is 0 Å². The van der Waals surface area contributed by atoms with Crippen molar-refractivity contribution in [3.05, 3.63) is 58.6 Å². The number of amides is 1. The Morgan fingerprint density at radius 2 is 1.78 bits per heavy atom. The Hall–Kier alpha value is -2.05. The minimum atomic E-state index is -3.71. The predicted octanol–water partition coefficient (Wildman–Crippen LogP) is 4.39. The zero-order valence-corrected chi connectivity index (χ0v) is 17.4. The lowest BCUT2D eigenvalue weighted by molar-refractivity contribution is 0.0953. The zero-order valence-electron chi connectivity index (χ0n) is 15.8. The molecule has 0 heterocycles. The Morgan fingerprint density at radius 3 is 2.37 bits per heavy atom.